The first kappa shape index (κ1) is 13.7. The number of methoxy groups -OCH3 is 1. The number of hydrogen-bond donors (Lipinski definition) is 1. The van der Waals surface area contributed by atoms with E-state index in [0.717, 1.165) is 6.26 Å². The van der Waals surface area contributed by atoms with Crippen LogP contribution in [0.4, 0.5) is 5.69 Å². The van der Waals surface area contributed by atoms with E-state index in [0.29, 0.717) is 12.3 Å². The van der Waals surface area contributed by atoms with E-state index in [1.807, 2.05) is 0 Å². The fourth-order valence-electron chi connectivity index (χ4n) is 1.22. The van der Waals surface area contributed by atoms with Crippen LogP contribution in [-0.2, 0) is 19.4 Å². The van der Waals surface area contributed by atoms with E-state index in [-0.39, 0.29) is 17.2 Å². The highest BCUT2D eigenvalue weighted by molar-refractivity contribution is 7.90. The fourth-order valence-corrected chi connectivity index (χ4v) is 1.89. The summed E-state index contributed by atoms with van der Waals surface area (Å²) in [6.07, 6.45) is 1.36. The van der Waals surface area contributed by atoms with Crippen LogP contribution < -0.4 is 5.32 Å². The molecule has 0 aromatic heterocycles. The SMILES string of the molecule is COCCC(=O)Nc1cccc(S(C)(=O)=O)c1. The molecule has 5 nitrogen and oxygen atoms in total. The second-order valence-electron chi connectivity index (χ2n) is 3.59. The zero-order valence-electron chi connectivity index (χ0n) is 9.76. The van der Waals surface area contributed by atoms with Crippen molar-refractivity contribution in [3.8, 4) is 0 Å². The molecule has 0 radical (unpaired) electrons. The average molecular weight is 257 g/mol. The lowest BCUT2D eigenvalue weighted by Gasteiger charge is -2.06. The first-order valence-corrected chi connectivity index (χ1v) is 6.91. The maximum atomic E-state index is 11.4. The summed E-state index contributed by atoms with van der Waals surface area (Å²) in [6.45, 7) is 0.331. The summed E-state index contributed by atoms with van der Waals surface area (Å²) < 4.78 is 27.4. The highest BCUT2D eigenvalue weighted by atomic mass is 32.2. The van der Waals surface area contributed by atoms with Gasteiger partial charge in [0.25, 0.3) is 0 Å². The molecule has 1 N–H and O–H groups in total. The number of nitrogens with one attached hydrogen (secondary N) is 1. The molecule has 94 valence electrons. The third-order valence-corrected chi connectivity index (χ3v) is 3.19. The molecule has 0 saturated heterocycles. The monoisotopic (exact) mass is 257 g/mol. The standard InChI is InChI=1S/C11H15NO4S/c1-16-7-6-11(13)12-9-4-3-5-10(8-9)17(2,14)15/h3-5,8H,6-7H2,1-2H3,(H,12,13). The molecule has 0 saturated carbocycles. The van der Waals surface area contributed by atoms with E-state index < -0.39 is 9.84 Å². The second kappa shape index (κ2) is 5.79. The Morgan fingerprint density at radius 1 is 1.41 bits per heavy atom. The third kappa shape index (κ3) is 4.54. The van der Waals surface area contributed by atoms with E-state index in [1.165, 1.54) is 19.2 Å². The van der Waals surface area contributed by atoms with Crippen molar-refractivity contribution in [2.45, 2.75) is 11.3 Å². The summed E-state index contributed by atoms with van der Waals surface area (Å²) in [7, 11) is -1.74. The van der Waals surface area contributed by atoms with Gasteiger partial charge in [-0.3, -0.25) is 4.79 Å². The Morgan fingerprint density at radius 2 is 2.12 bits per heavy atom. The van der Waals surface area contributed by atoms with Crippen molar-refractivity contribution in [3.63, 3.8) is 0 Å². The smallest absolute Gasteiger partial charge is 0.226 e. The molecule has 1 rings (SSSR count). The Hall–Kier alpha value is -1.40. The molecule has 1 amide bonds. The molecule has 1 aromatic carbocycles. The van der Waals surface area contributed by atoms with E-state index in [4.69, 9.17) is 4.74 Å². The highest BCUT2D eigenvalue weighted by Gasteiger charge is 2.08. The molecule has 0 aliphatic heterocycles. The van der Waals surface area contributed by atoms with Gasteiger partial charge in [0.15, 0.2) is 9.84 Å². The third-order valence-electron chi connectivity index (χ3n) is 2.08. The second-order valence-corrected chi connectivity index (χ2v) is 5.61. The summed E-state index contributed by atoms with van der Waals surface area (Å²) in [5, 5.41) is 2.61. The molecule has 0 aliphatic carbocycles. The maximum Gasteiger partial charge on any atom is 0.226 e. The normalized spacial score (nSPS) is 11.2. The number of anilines is 1. The number of amides is 1. The minimum atomic E-state index is -3.25. The molecule has 0 aliphatic rings. The molecule has 0 fully saturated rings. The Labute approximate surface area is 101 Å². The minimum absolute atomic E-state index is 0.182. The average Bonchev–Trinajstić information content (AvgIpc) is 2.25. The number of sulfone groups is 1. The molecule has 0 spiro atoms. The van der Waals surface area contributed by atoms with Crippen LogP contribution in [0.5, 0.6) is 0 Å². The Kier molecular flexibility index (Phi) is 4.65. The summed E-state index contributed by atoms with van der Waals surface area (Å²) >= 11 is 0. The van der Waals surface area contributed by atoms with Crippen molar-refractivity contribution in [1.29, 1.82) is 0 Å². The first-order chi connectivity index (χ1) is 7.93. The van der Waals surface area contributed by atoms with Crippen LogP contribution in [0.2, 0.25) is 0 Å². The van der Waals surface area contributed by atoms with Gasteiger partial charge < -0.3 is 10.1 Å². The number of benzene rings is 1. The van der Waals surface area contributed by atoms with Crippen molar-refractivity contribution >= 4 is 21.4 Å². The van der Waals surface area contributed by atoms with Crippen LogP contribution in [0.25, 0.3) is 0 Å². The predicted molar refractivity (Wildman–Crippen MR) is 64.7 cm³/mol. The lowest BCUT2D eigenvalue weighted by atomic mass is 10.3. The van der Waals surface area contributed by atoms with Gasteiger partial charge in [0.05, 0.1) is 17.9 Å². The van der Waals surface area contributed by atoms with Crippen LogP contribution in [-0.4, -0.2) is 34.3 Å². The zero-order chi connectivity index (χ0) is 12.9. The van der Waals surface area contributed by atoms with E-state index in [1.54, 1.807) is 12.1 Å². The van der Waals surface area contributed by atoms with Gasteiger partial charge in [0, 0.05) is 19.1 Å². The van der Waals surface area contributed by atoms with Crippen LogP contribution in [0, 0.1) is 0 Å². The summed E-state index contributed by atoms with van der Waals surface area (Å²) in [4.78, 5) is 11.6. The lowest BCUT2D eigenvalue weighted by molar-refractivity contribution is -0.117. The number of carbonyl (C=O) groups excluding carboxylic acids is 1. The molecular weight excluding hydrogens is 242 g/mol. The highest BCUT2D eigenvalue weighted by Crippen LogP contribution is 2.15. The summed E-state index contributed by atoms with van der Waals surface area (Å²) in [5.41, 5.74) is 0.467. The first-order valence-electron chi connectivity index (χ1n) is 5.02. The van der Waals surface area contributed by atoms with E-state index >= 15 is 0 Å². The molecular formula is C11H15NO4S. The Balaban J connectivity index is 2.76. The van der Waals surface area contributed by atoms with Gasteiger partial charge in [-0.15, -0.1) is 0 Å². The zero-order valence-corrected chi connectivity index (χ0v) is 10.6. The van der Waals surface area contributed by atoms with Crippen molar-refractivity contribution in [2.75, 3.05) is 25.3 Å². The van der Waals surface area contributed by atoms with E-state index in [2.05, 4.69) is 5.32 Å². The van der Waals surface area contributed by atoms with Gasteiger partial charge in [0.1, 0.15) is 0 Å². The van der Waals surface area contributed by atoms with Crippen molar-refractivity contribution in [1.82, 2.24) is 0 Å². The van der Waals surface area contributed by atoms with Crippen molar-refractivity contribution in [3.05, 3.63) is 24.3 Å². The summed E-state index contributed by atoms with van der Waals surface area (Å²) in [5.74, 6) is -0.211. The molecule has 17 heavy (non-hydrogen) atoms. The number of hydrogen-bond acceptors (Lipinski definition) is 4. The van der Waals surface area contributed by atoms with Crippen LogP contribution in [0.15, 0.2) is 29.2 Å². The Bertz CT molecular complexity index is 496. The van der Waals surface area contributed by atoms with Gasteiger partial charge in [-0.1, -0.05) is 6.07 Å². The minimum Gasteiger partial charge on any atom is -0.384 e. The van der Waals surface area contributed by atoms with Gasteiger partial charge in [0.2, 0.25) is 5.91 Å². The maximum absolute atomic E-state index is 11.4. The van der Waals surface area contributed by atoms with Gasteiger partial charge >= 0.3 is 0 Å². The Morgan fingerprint density at radius 3 is 2.71 bits per heavy atom. The number of ether oxygens (including phenoxy) is 1. The van der Waals surface area contributed by atoms with Crippen LogP contribution in [0.3, 0.4) is 0 Å². The predicted octanol–water partition coefficient (Wildman–Crippen LogP) is 1.07. The molecule has 0 unspecified atom stereocenters. The molecule has 0 bridgehead atoms. The molecule has 1 aromatic rings. The fraction of sp³-hybridized carbons (Fsp3) is 0.364. The van der Waals surface area contributed by atoms with Gasteiger partial charge in [-0.2, -0.15) is 0 Å². The lowest BCUT2D eigenvalue weighted by Crippen LogP contribution is -2.13. The van der Waals surface area contributed by atoms with Gasteiger partial charge in [-0.25, -0.2) is 8.42 Å². The molecule has 0 heterocycles. The quantitative estimate of drug-likeness (QED) is 0.856. The van der Waals surface area contributed by atoms with Crippen molar-refractivity contribution in [2.24, 2.45) is 0 Å². The van der Waals surface area contributed by atoms with Gasteiger partial charge in [-0.05, 0) is 18.2 Å². The summed E-state index contributed by atoms with van der Waals surface area (Å²) in [6, 6.07) is 6.14. The van der Waals surface area contributed by atoms with Crippen molar-refractivity contribution < 1.29 is 17.9 Å². The molecule has 0 atom stereocenters. The van der Waals surface area contributed by atoms with Crippen LogP contribution >= 0.6 is 0 Å². The van der Waals surface area contributed by atoms with Crippen LogP contribution in [0.1, 0.15) is 6.42 Å². The largest absolute Gasteiger partial charge is 0.384 e. The topological polar surface area (TPSA) is 72.5 Å². The number of carbonyl (C=O) groups is 1. The number of rotatable bonds is 5. The van der Waals surface area contributed by atoms with E-state index in [9.17, 15) is 13.2 Å². The molecule has 6 heteroatoms.